The second-order valence-electron chi connectivity index (χ2n) is 6.24. The number of benzene rings is 2. The van der Waals surface area contributed by atoms with Crippen molar-refractivity contribution >= 4 is 0 Å². The van der Waals surface area contributed by atoms with Gasteiger partial charge in [-0.15, -0.1) is 5.73 Å². The van der Waals surface area contributed by atoms with Crippen LogP contribution in [-0.2, 0) is 0 Å². The number of allylic oxidation sites excluding steroid dienone is 7. The van der Waals surface area contributed by atoms with E-state index in [4.69, 9.17) is 0 Å². The summed E-state index contributed by atoms with van der Waals surface area (Å²) in [5.74, 6) is 0.587. The predicted octanol–water partition coefficient (Wildman–Crippen LogP) is 6.09. The average molecular weight is 308 g/mol. The highest BCUT2D eigenvalue weighted by molar-refractivity contribution is 5.50. The third-order valence-electron chi connectivity index (χ3n) is 4.77. The van der Waals surface area contributed by atoms with E-state index in [1.165, 1.54) is 22.3 Å². The summed E-state index contributed by atoms with van der Waals surface area (Å²) in [5.41, 5.74) is 8.83. The largest absolute Gasteiger partial charge is 0.117 e. The summed E-state index contributed by atoms with van der Waals surface area (Å²) in [5, 5.41) is 0. The van der Waals surface area contributed by atoms with Gasteiger partial charge in [0.15, 0.2) is 0 Å². The maximum absolute atomic E-state index is 3.46. The highest BCUT2D eigenvalue weighted by Gasteiger charge is 2.30. The Kier molecular flexibility index (Phi) is 4.14. The monoisotopic (exact) mass is 308 g/mol. The summed E-state index contributed by atoms with van der Waals surface area (Å²) in [4.78, 5) is 0. The van der Waals surface area contributed by atoms with Crippen LogP contribution in [0.5, 0.6) is 0 Å². The molecule has 0 saturated heterocycles. The van der Waals surface area contributed by atoms with Crippen molar-refractivity contribution in [2.75, 3.05) is 0 Å². The van der Waals surface area contributed by atoms with Gasteiger partial charge in [-0.2, -0.15) is 0 Å². The van der Waals surface area contributed by atoms with E-state index in [-0.39, 0.29) is 5.92 Å². The Balaban J connectivity index is 1.88. The number of hydrogen-bond donors (Lipinski definition) is 0. The zero-order valence-corrected chi connectivity index (χ0v) is 13.6. The molecule has 116 valence electrons. The Labute approximate surface area is 143 Å². The maximum Gasteiger partial charge on any atom is 0.0272 e. The lowest BCUT2D eigenvalue weighted by atomic mass is 9.73. The Morgan fingerprint density at radius 2 is 1.42 bits per heavy atom. The van der Waals surface area contributed by atoms with Gasteiger partial charge in [0.05, 0.1) is 0 Å². The molecule has 0 radical (unpaired) electrons. The predicted molar refractivity (Wildman–Crippen MR) is 101 cm³/mol. The van der Waals surface area contributed by atoms with Gasteiger partial charge in [-0.3, -0.25) is 0 Å². The first-order chi connectivity index (χ1) is 11.9. The van der Waals surface area contributed by atoms with E-state index in [9.17, 15) is 0 Å². The van der Waals surface area contributed by atoms with Crippen molar-refractivity contribution in [1.82, 2.24) is 0 Å². The lowest BCUT2D eigenvalue weighted by Gasteiger charge is -2.29. The highest BCUT2D eigenvalue weighted by Crippen LogP contribution is 2.45. The molecular weight excluding hydrogens is 288 g/mol. The lowest BCUT2D eigenvalue weighted by Crippen LogP contribution is -2.14. The third kappa shape index (κ3) is 2.85. The Bertz CT molecular complexity index is 857. The van der Waals surface area contributed by atoms with E-state index in [2.05, 4.69) is 96.8 Å². The molecule has 2 aromatic rings. The van der Waals surface area contributed by atoms with Crippen LogP contribution in [-0.4, -0.2) is 0 Å². The molecule has 0 heterocycles. The second-order valence-corrected chi connectivity index (χ2v) is 6.24. The van der Waals surface area contributed by atoms with Crippen LogP contribution in [0.3, 0.4) is 0 Å². The molecule has 0 aliphatic heterocycles. The Hall–Kier alpha value is -2.82. The summed E-state index contributed by atoms with van der Waals surface area (Å²) in [6.07, 6.45) is 14.2. The van der Waals surface area contributed by atoms with E-state index < -0.39 is 0 Å². The van der Waals surface area contributed by atoms with Crippen molar-refractivity contribution in [3.05, 3.63) is 125 Å². The smallest absolute Gasteiger partial charge is 0.0272 e. The molecule has 2 aliphatic rings. The molecule has 0 fully saturated rings. The van der Waals surface area contributed by atoms with E-state index in [1.54, 1.807) is 0 Å². The molecule has 2 atom stereocenters. The highest BCUT2D eigenvalue weighted by atomic mass is 14.3. The van der Waals surface area contributed by atoms with Crippen molar-refractivity contribution in [2.24, 2.45) is 0 Å². The van der Waals surface area contributed by atoms with Gasteiger partial charge in [-0.05, 0) is 29.2 Å². The minimum atomic E-state index is 0.276. The summed E-state index contributed by atoms with van der Waals surface area (Å²) >= 11 is 0. The first kappa shape index (κ1) is 14.8. The molecule has 0 spiro atoms. The molecule has 2 aliphatic carbocycles. The van der Waals surface area contributed by atoms with E-state index in [0.29, 0.717) is 5.92 Å². The van der Waals surface area contributed by atoms with Crippen LogP contribution < -0.4 is 0 Å². The SMILES string of the molecule is C1=CC=CC=1[C@H](c1ccccc1)[C@H](C1=CCC=C1)c1ccccc1. The van der Waals surface area contributed by atoms with Crippen LogP contribution in [0.4, 0.5) is 0 Å². The molecule has 24 heavy (non-hydrogen) atoms. The van der Waals surface area contributed by atoms with Gasteiger partial charge in [0.1, 0.15) is 0 Å². The topological polar surface area (TPSA) is 0 Å². The van der Waals surface area contributed by atoms with Crippen molar-refractivity contribution < 1.29 is 0 Å². The number of hydrogen-bond acceptors (Lipinski definition) is 0. The lowest BCUT2D eigenvalue weighted by molar-refractivity contribution is 0.694. The van der Waals surface area contributed by atoms with Crippen LogP contribution >= 0.6 is 0 Å². The van der Waals surface area contributed by atoms with Gasteiger partial charge < -0.3 is 0 Å². The maximum atomic E-state index is 3.46. The second kappa shape index (κ2) is 6.74. The van der Waals surface area contributed by atoms with Crippen LogP contribution in [0.25, 0.3) is 0 Å². The molecule has 0 bridgehead atoms. The fraction of sp³-hybridized carbons (Fsp3) is 0.125. The molecule has 4 rings (SSSR count). The zero-order valence-electron chi connectivity index (χ0n) is 13.6. The van der Waals surface area contributed by atoms with Crippen molar-refractivity contribution in [2.45, 2.75) is 18.3 Å². The van der Waals surface area contributed by atoms with E-state index >= 15 is 0 Å². The fourth-order valence-electron chi connectivity index (χ4n) is 3.69. The summed E-state index contributed by atoms with van der Waals surface area (Å²) in [6, 6.07) is 21.7. The van der Waals surface area contributed by atoms with Crippen molar-refractivity contribution in [3.63, 3.8) is 0 Å². The normalized spacial score (nSPS) is 17.7. The van der Waals surface area contributed by atoms with Gasteiger partial charge in [0, 0.05) is 17.4 Å². The van der Waals surface area contributed by atoms with Crippen LogP contribution in [0.2, 0.25) is 0 Å². The van der Waals surface area contributed by atoms with Gasteiger partial charge in [-0.25, -0.2) is 0 Å². The molecule has 0 nitrogen and oxygen atoms in total. The molecule has 0 amide bonds. The summed E-state index contributed by atoms with van der Waals surface area (Å²) < 4.78 is 0. The molecule has 0 unspecified atom stereocenters. The molecular formula is C24H20. The molecule has 2 aromatic carbocycles. The average Bonchev–Trinajstić information content (AvgIpc) is 3.35. The quantitative estimate of drug-likeness (QED) is 0.586. The molecule has 0 heteroatoms. The minimum Gasteiger partial charge on any atom is -0.117 e. The third-order valence-corrected chi connectivity index (χ3v) is 4.77. The summed E-state index contributed by atoms with van der Waals surface area (Å²) in [6.45, 7) is 0. The first-order valence-electron chi connectivity index (χ1n) is 8.53. The minimum absolute atomic E-state index is 0.276. The Morgan fingerprint density at radius 3 is 1.96 bits per heavy atom. The zero-order chi connectivity index (χ0) is 16.2. The van der Waals surface area contributed by atoms with E-state index in [0.717, 1.165) is 6.42 Å². The number of rotatable bonds is 5. The molecule has 0 aromatic heterocycles. The Morgan fingerprint density at radius 1 is 0.750 bits per heavy atom. The summed E-state index contributed by atoms with van der Waals surface area (Å²) in [7, 11) is 0. The first-order valence-corrected chi connectivity index (χ1v) is 8.53. The fourth-order valence-corrected chi connectivity index (χ4v) is 3.69. The standard InChI is InChI=1S/C24H20/c1-3-11-19(12-4-1)23(21-15-7-8-16-21)24(22-17-9-10-18-22)20-13-5-2-6-14-20/h1-9,11-15,17-18,23-24H,10H2/t23-,24-/m0/s1. The van der Waals surface area contributed by atoms with E-state index in [1.807, 2.05) is 6.08 Å². The van der Waals surface area contributed by atoms with Crippen LogP contribution in [0, 0.1) is 0 Å². The van der Waals surface area contributed by atoms with Gasteiger partial charge in [0.25, 0.3) is 0 Å². The van der Waals surface area contributed by atoms with Gasteiger partial charge >= 0.3 is 0 Å². The van der Waals surface area contributed by atoms with Gasteiger partial charge in [0.2, 0.25) is 0 Å². The van der Waals surface area contributed by atoms with Crippen molar-refractivity contribution in [3.8, 4) is 0 Å². The van der Waals surface area contributed by atoms with Crippen LogP contribution in [0.1, 0.15) is 29.4 Å². The molecule has 0 saturated carbocycles. The van der Waals surface area contributed by atoms with Crippen molar-refractivity contribution in [1.29, 1.82) is 0 Å². The molecule has 0 N–H and O–H groups in total. The van der Waals surface area contributed by atoms with Gasteiger partial charge in [-0.1, -0.05) is 91.0 Å². The van der Waals surface area contributed by atoms with Crippen LogP contribution in [0.15, 0.2) is 114 Å².